The molecule has 6 rings (SSSR count). The fraction of sp³-hybridized carbons (Fsp3) is 0.526. The van der Waals surface area contributed by atoms with Gasteiger partial charge in [-0.05, 0) is 33.8 Å². The molecule has 0 aromatic heterocycles. The molecule has 9 atom stereocenters. The molecule has 4 aliphatic heterocycles. The number of ketones is 3. The average molecular weight is 694 g/mol. The van der Waals surface area contributed by atoms with Gasteiger partial charge in [-0.15, -0.1) is 0 Å². The van der Waals surface area contributed by atoms with Crippen LogP contribution >= 0.6 is 0 Å². The van der Waals surface area contributed by atoms with Crippen molar-refractivity contribution in [1.82, 2.24) is 5.32 Å². The number of benzene rings is 1. The standard InChI is InChI=1S/C38H47NO11/c1-17-12-11-13-18(2)36(45)39-23-16-24(40)26-27(31(23)43)30(42)21(5)34-28(26)35(44)38(9,50-34)47-15-14-25(46-10)19(3)29(41)20(4)33-22(6)32(17)48-37(7,8)49-33/h11-17,19-20,22,25,29,32-33,41-42H,1-10H3,(H,39,45)/t17-,19+,20+,22-,25+,29+,32+,33-,38-/m0/s1. The molecule has 12 nitrogen and oxygen atoms in total. The van der Waals surface area contributed by atoms with Crippen molar-refractivity contribution < 1.29 is 53.1 Å². The third-order valence-electron chi connectivity index (χ3n) is 10.3. The normalized spacial score (nSPS) is 34.5. The molecule has 5 aliphatic rings. The van der Waals surface area contributed by atoms with E-state index in [1.165, 1.54) is 27.2 Å². The summed E-state index contributed by atoms with van der Waals surface area (Å²) in [5.74, 6) is -7.63. The number of fused-ring (bicyclic) bond motifs is 10. The zero-order valence-electron chi connectivity index (χ0n) is 30.2. The van der Waals surface area contributed by atoms with Gasteiger partial charge < -0.3 is 39.2 Å². The van der Waals surface area contributed by atoms with Gasteiger partial charge in [-0.3, -0.25) is 19.2 Å². The summed E-state index contributed by atoms with van der Waals surface area (Å²) in [6, 6.07) is 0. The van der Waals surface area contributed by atoms with Gasteiger partial charge in [-0.2, -0.15) is 0 Å². The van der Waals surface area contributed by atoms with Crippen molar-refractivity contribution in [2.45, 2.75) is 98.3 Å². The smallest absolute Gasteiger partial charge is 0.312 e. The summed E-state index contributed by atoms with van der Waals surface area (Å²) in [7, 11) is 1.49. The van der Waals surface area contributed by atoms with Gasteiger partial charge in [0.2, 0.25) is 5.78 Å². The number of aromatic hydroxyl groups is 1. The molecule has 1 saturated heterocycles. The number of phenolic OH excluding ortho intramolecular Hbond substituents is 1. The Kier molecular flexibility index (Phi) is 10.1. The van der Waals surface area contributed by atoms with E-state index in [0.29, 0.717) is 0 Å². The van der Waals surface area contributed by atoms with Crippen LogP contribution in [0.2, 0.25) is 0 Å². The molecule has 0 saturated carbocycles. The highest BCUT2D eigenvalue weighted by Gasteiger charge is 2.52. The number of hydrogen-bond donors (Lipinski definition) is 3. The van der Waals surface area contributed by atoms with Crippen LogP contribution in [0, 0.1) is 30.6 Å². The summed E-state index contributed by atoms with van der Waals surface area (Å²) in [4.78, 5) is 54.2. The molecule has 1 fully saturated rings. The van der Waals surface area contributed by atoms with E-state index >= 15 is 0 Å². The second-order valence-electron chi connectivity index (χ2n) is 14.4. The summed E-state index contributed by atoms with van der Waals surface area (Å²) in [6.07, 6.45) is 6.70. The fourth-order valence-electron chi connectivity index (χ4n) is 7.31. The number of hydrogen-bond acceptors (Lipinski definition) is 11. The monoisotopic (exact) mass is 693 g/mol. The first-order valence-corrected chi connectivity index (χ1v) is 16.8. The summed E-state index contributed by atoms with van der Waals surface area (Å²) < 4.78 is 30.3. The highest BCUT2D eigenvalue weighted by molar-refractivity contribution is 6.30. The number of aliphatic hydroxyl groups excluding tert-OH is 1. The van der Waals surface area contributed by atoms with Gasteiger partial charge in [0.05, 0.1) is 53.1 Å². The number of carbonyl (C=O) groups excluding carboxylic acids is 4. The van der Waals surface area contributed by atoms with Gasteiger partial charge in [-0.1, -0.05) is 45.9 Å². The largest absolute Gasteiger partial charge is 0.507 e. The molecule has 1 aliphatic carbocycles. The molecule has 50 heavy (non-hydrogen) atoms. The predicted molar refractivity (Wildman–Crippen MR) is 182 cm³/mol. The number of rotatable bonds is 1. The average Bonchev–Trinajstić information content (AvgIpc) is 3.32. The Bertz CT molecular complexity index is 1740. The maximum absolute atomic E-state index is 13.9. The van der Waals surface area contributed by atoms with Crippen molar-refractivity contribution in [3.63, 3.8) is 0 Å². The first-order valence-electron chi connectivity index (χ1n) is 16.8. The number of nitrogens with one attached hydrogen (secondary N) is 1. The maximum Gasteiger partial charge on any atom is 0.312 e. The minimum absolute atomic E-state index is 0.0484. The highest BCUT2D eigenvalue weighted by Crippen LogP contribution is 2.48. The van der Waals surface area contributed by atoms with Crippen molar-refractivity contribution >= 4 is 23.3 Å². The van der Waals surface area contributed by atoms with Crippen LogP contribution < -0.4 is 10.1 Å². The second-order valence-corrected chi connectivity index (χ2v) is 14.4. The van der Waals surface area contributed by atoms with Gasteiger partial charge in [0.1, 0.15) is 11.5 Å². The number of phenols is 1. The molecular weight excluding hydrogens is 646 g/mol. The molecule has 0 spiro atoms. The fourth-order valence-corrected chi connectivity index (χ4v) is 7.31. The first kappa shape index (κ1) is 37.2. The third-order valence-corrected chi connectivity index (χ3v) is 10.3. The molecule has 270 valence electrons. The van der Waals surface area contributed by atoms with Crippen LogP contribution in [-0.2, 0) is 23.7 Å². The zero-order chi connectivity index (χ0) is 37.0. The Hall–Kier alpha value is -4.10. The van der Waals surface area contributed by atoms with Gasteiger partial charge in [-0.25, -0.2) is 0 Å². The van der Waals surface area contributed by atoms with E-state index in [9.17, 15) is 29.4 Å². The number of carbonyl (C=O) groups is 4. The van der Waals surface area contributed by atoms with Crippen molar-refractivity contribution in [3.05, 3.63) is 70.2 Å². The molecular formula is C38H47NO11. The number of Topliss-reactive ketones (excluding diaryl/α,β-unsaturated/α-hetero) is 2. The molecule has 1 aromatic rings. The van der Waals surface area contributed by atoms with Gasteiger partial charge >= 0.3 is 5.79 Å². The van der Waals surface area contributed by atoms with E-state index in [4.69, 9.17) is 23.7 Å². The van der Waals surface area contributed by atoms with Crippen LogP contribution in [-0.4, -0.2) is 76.6 Å². The van der Waals surface area contributed by atoms with Crippen LogP contribution in [0.15, 0.2) is 47.9 Å². The molecule has 12 heteroatoms. The quantitative estimate of drug-likeness (QED) is 0.368. The van der Waals surface area contributed by atoms with Crippen LogP contribution in [0.4, 0.5) is 0 Å². The van der Waals surface area contributed by atoms with E-state index in [-0.39, 0.29) is 63.7 Å². The van der Waals surface area contributed by atoms with Gasteiger partial charge in [0.15, 0.2) is 11.6 Å². The summed E-state index contributed by atoms with van der Waals surface area (Å²) in [5, 5.41) is 25.3. The van der Waals surface area contributed by atoms with Crippen LogP contribution in [0.25, 0.3) is 0 Å². The molecule has 7 bridgehead atoms. The zero-order valence-corrected chi connectivity index (χ0v) is 30.2. The van der Waals surface area contributed by atoms with Crippen LogP contribution in [0.5, 0.6) is 11.5 Å². The lowest BCUT2D eigenvalue weighted by molar-refractivity contribution is -0.336. The first-order chi connectivity index (χ1) is 23.3. The Morgan fingerprint density at radius 3 is 2.20 bits per heavy atom. The Balaban J connectivity index is 1.59. The summed E-state index contributed by atoms with van der Waals surface area (Å²) in [5.41, 5.74) is -1.00. The minimum Gasteiger partial charge on any atom is -0.507 e. The van der Waals surface area contributed by atoms with E-state index in [1.54, 1.807) is 25.2 Å². The second kappa shape index (κ2) is 13.6. The number of ether oxygens (including phenoxy) is 5. The Morgan fingerprint density at radius 1 is 0.880 bits per heavy atom. The minimum atomic E-state index is -1.97. The molecule has 0 unspecified atom stereocenters. The van der Waals surface area contributed by atoms with Gasteiger partial charge in [0, 0.05) is 54.9 Å². The third kappa shape index (κ3) is 6.45. The Labute approximate surface area is 292 Å². The lowest BCUT2D eigenvalue weighted by atomic mass is 9.77. The molecule has 3 N–H and O–H groups in total. The van der Waals surface area contributed by atoms with E-state index in [2.05, 4.69) is 5.32 Å². The van der Waals surface area contributed by atoms with Crippen molar-refractivity contribution in [2.75, 3.05) is 7.11 Å². The van der Waals surface area contributed by atoms with Crippen molar-refractivity contribution in [3.8, 4) is 11.5 Å². The number of methoxy groups -OCH3 is 1. The van der Waals surface area contributed by atoms with Gasteiger partial charge in [0.25, 0.3) is 11.7 Å². The Morgan fingerprint density at radius 2 is 1.54 bits per heavy atom. The topological polar surface area (TPSA) is 167 Å². The number of amides is 1. The maximum atomic E-state index is 13.9. The van der Waals surface area contributed by atoms with E-state index in [0.717, 1.165) is 6.08 Å². The molecule has 4 heterocycles. The van der Waals surface area contributed by atoms with Crippen molar-refractivity contribution in [1.29, 1.82) is 0 Å². The van der Waals surface area contributed by atoms with E-state index in [1.807, 2.05) is 47.6 Å². The van der Waals surface area contributed by atoms with Crippen LogP contribution in [0.3, 0.4) is 0 Å². The summed E-state index contributed by atoms with van der Waals surface area (Å²) in [6.45, 7) is 15.8. The lowest BCUT2D eigenvalue weighted by Crippen LogP contribution is -2.56. The number of allylic oxidation sites excluding steroid dienone is 4. The predicted octanol–water partition coefficient (Wildman–Crippen LogP) is 4.86. The van der Waals surface area contributed by atoms with Crippen LogP contribution in [0.1, 0.15) is 92.0 Å². The number of aliphatic hydroxyl groups is 1. The van der Waals surface area contributed by atoms with Crippen molar-refractivity contribution in [2.24, 2.45) is 23.7 Å². The highest BCUT2D eigenvalue weighted by atomic mass is 16.7. The molecule has 1 amide bonds. The lowest BCUT2D eigenvalue weighted by Gasteiger charge is -2.49. The van der Waals surface area contributed by atoms with E-state index < -0.39 is 64.3 Å². The summed E-state index contributed by atoms with van der Waals surface area (Å²) >= 11 is 0. The molecule has 0 radical (unpaired) electrons. The SMILES string of the molecule is CO[C@@H]1C=CO[C@@]2(C)Oc3c(C)c(O)c4c(c3C2=O)C(=O)C=C(NC(=O)C(C)=CC=C[C@H](C)[C@H]2OC(C)(C)O[C@@H]([C@H](C)[C@H](O)[C@@H]1C)[C@H]2C)C4=O. The molecule has 1 aromatic carbocycles.